The van der Waals surface area contributed by atoms with E-state index in [4.69, 9.17) is 0 Å². The molecule has 0 bridgehead atoms. The van der Waals surface area contributed by atoms with E-state index in [1.54, 1.807) is 17.9 Å². The Morgan fingerprint density at radius 3 is 2.44 bits per heavy atom. The molecule has 3 aliphatic rings. The van der Waals surface area contributed by atoms with E-state index in [9.17, 15) is 19.5 Å². The van der Waals surface area contributed by atoms with Crippen molar-refractivity contribution in [1.82, 2.24) is 16.0 Å². The molecule has 232 valence electrons. The van der Waals surface area contributed by atoms with Crippen molar-refractivity contribution in [3.8, 4) is 0 Å². The first-order chi connectivity index (χ1) is 20.8. The third kappa shape index (κ3) is 8.36. The molecule has 0 spiro atoms. The van der Waals surface area contributed by atoms with Crippen molar-refractivity contribution in [2.75, 3.05) is 29.9 Å². The van der Waals surface area contributed by atoms with Gasteiger partial charge in [0.25, 0.3) is 5.91 Å². The van der Waals surface area contributed by atoms with Crippen LogP contribution in [0.4, 0.5) is 11.4 Å². The molecular weight excluding hydrogens is 542 g/mol. The molecule has 1 saturated heterocycles. The summed E-state index contributed by atoms with van der Waals surface area (Å²) in [6, 6.07) is 15.0. The zero-order valence-corrected chi connectivity index (χ0v) is 25.6. The van der Waals surface area contributed by atoms with Gasteiger partial charge in [-0.2, -0.15) is 0 Å². The van der Waals surface area contributed by atoms with Crippen molar-refractivity contribution in [3.05, 3.63) is 59.7 Å². The van der Waals surface area contributed by atoms with E-state index in [-0.39, 0.29) is 30.3 Å². The molecule has 0 aromatic heterocycles. The monoisotopic (exact) mass is 589 g/mol. The summed E-state index contributed by atoms with van der Waals surface area (Å²) in [7, 11) is 2.03. The number of aliphatic hydroxyl groups is 1. The fourth-order valence-electron chi connectivity index (χ4n) is 6.19. The van der Waals surface area contributed by atoms with E-state index in [0.717, 1.165) is 61.9 Å². The smallest absolute Gasteiger partial charge is 0.251 e. The van der Waals surface area contributed by atoms with E-state index >= 15 is 0 Å². The van der Waals surface area contributed by atoms with Crippen LogP contribution >= 0.6 is 0 Å². The van der Waals surface area contributed by atoms with Crippen molar-refractivity contribution < 1.29 is 19.5 Å². The third-order valence-electron chi connectivity index (χ3n) is 9.11. The second kappa shape index (κ2) is 14.4. The molecule has 2 aromatic carbocycles. The third-order valence-corrected chi connectivity index (χ3v) is 9.11. The number of nitrogens with zero attached hydrogens (tertiary/aromatic N) is 2. The van der Waals surface area contributed by atoms with Gasteiger partial charge in [-0.05, 0) is 69.2 Å². The second-order valence-electron chi connectivity index (χ2n) is 12.5. The lowest BCUT2D eigenvalue weighted by molar-refractivity contribution is -0.123. The molecule has 5 rings (SSSR count). The minimum Gasteiger partial charge on any atom is -0.390 e. The Kier molecular flexibility index (Phi) is 10.4. The van der Waals surface area contributed by atoms with Crippen LogP contribution in [0.1, 0.15) is 80.6 Å². The van der Waals surface area contributed by atoms with Gasteiger partial charge >= 0.3 is 0 Å². The van der Waals surface area contributed by atoms with Gasteiger partial charge in [0.05, 0.1) is 18.2 Å². The van der Waals surface area contributed by atoms with Crippen molar-refractivity contribution in [2.45, 2.75) is 101 Å². The fourth-order valence-corrected chi connectivity index (χ4v) is 6.19. The molecule has 9 nitrogen and oxygen atoms in total. The molecule has 9 heteroatoms. The van der Waals surface area contributed by atoms with Crippen LogP contribution in [0.3, 0.4) is 0 Å². The molecule has 1 unspecified atom stereocenters. The number of nitrogens with one attached hydrogen (secondary N) is 3. The Hall–Kier alpha value is -3.43. The molecule has 2 aliphatic carbocycles. The molecule has 2 saturated carbocycles. The predicted octanol–water partition coefficient (Wildman–Crippen LogP) is 3.54. The summed E-state index contributed by atoms with van der Waals surface area (Å²) in [5.74, 6) is -0.298. The largest absolute Gasteiger partial charge is 0.390 e. The van der Waals surface area contributed by atoms with E-state index in [1.807, 2.05) is 49.5 Å². The Morgan fingerprint density at radius 1 is 1.02 bits per heavy atom. The van der Waals surface area contributed by atoms with Crippen molar-refractivity contribution in [2.24, 2.45) is 0 Å². The van der Waals surface area contributed by atoms with Gasteiger partial charge < -0.3 is 30.9 Å². The summed E-state index contributed by atoms with van der Waals surface area (Å²) in [4.78, 5) is 43.1. The highest BCUT2D eigenvalue weighted by Crippen LogP contribution is 2.34. The lowest BCUT2D eigenvalue weighted by atomic mass is 9.95. The average Bonchev–Trinajstić information content (AvgIpc) is 3.79. The Bertz CT molecular complexity index is 1260. The topological polar surface area (TPSA) is 114 Å². The Labute approximate surface area is 255 Å². The van der Waals surface area contributed by atoms with Gasteiger partial charge in [-0.25, -0.2) is 0 Å². The standard InChI is InChI=1S/C34H47N5O4/c1-23(33(42)36-26-12-7-4-8-13-26)35-22-31(40)30(18-24-10-5-3-6-11-24)37-34(43)25-19-28(38(2)27-15-16-27)21-29(20-25)39-17-9-14-32(39)41/h3,5-6,10-11,19-21,23,26-27,30-31,35,40H,4,7-9,12-18,22H2,1-2H3,(H,36,42)(H,37,43)/t23-,30?,31+/m0/s1. The van der Waals surface area contributed by atoms with Crippen molar-refractivity contribution in [3.63, 3.8) is 0 Å². The van der Waals surface area contributed by atoms with Gasteiger partial charge in [0.2, 0.25) is 11.8 Å². The van der Waals surface area contributed by atoms with Crippen LogP contribution in [0, 0.1) is 0 Å². The first-order valence-corrected chi connectivity index (χ1v) is 16.0. The van der Waals surface area contributed by atoms with Crippen LogP contribution in [0.5, 0.6) is 0 Å². The molecule has 3 fully saturated rings. The molecule has 3 amide bonds. The van der Waals surface area contributed by atoms with E-state index in [0.29, 0.717) is 31.0 Å². The van der Waals surface area contributed by atoms with Crippen molar-refractivity contribution in [1.29, 1.82) is 0 Å². The number of hydrogen-bond acceptors (Lipinski definition) is 6. The van der Waals surface area contributed by atoms with E-state index in [1.165, 1.54) is 6.42 Å². The predicted molar refractivity (Wildman–Crippen MR) is 169 cm³/mol. The first kappa shape index (κ1) is 31.0. The van der Waals surface area contributed by atoms with Gasteiger partial charge in [0, 0.05) is 55.6 Å². The molecule has 0 radical (unpaired) electrons. The molecule has 3 atom stereocenters. The number of benzene rings is 2. The van der Waals surface area contributed by atoms with E-state index in [2.05, 4.69) is 20.9 Å². The highest BCUT2D eigenvalue weighted by atomic mass is 16.3. The molecule has 4 N–H and O–H groups in total. The zero-order valence-electron chi connectivity index (χ0n) is 25.6. The summed E-state index contributed by atoms with van der Waals surface area (Å²) in [5, 5.41) is 20.7. The maximum Gasteiger partial charge on any atom is 0.251 e. The average molecular weight is 590 g/mol. The lowest BCUT2D eigenvalue weighted by Crippen LogP contribution is -2.53. The quantitative estimate of drug-likeness (QED) is 0.284. The SMILES string of the molecule is C[C@H](NC[C@@H](O)C(Cc1ccccc1)NC(=O)c1cc(N2CCCC2=O)cc(N(C)C2CC2)c1)C(=O)NC1CCCCC1. The highest BCUT2D eigenvalue weighted by molar-refractivity contribution is 6.00. The summed E-state index contributed by atoms with van der Waals surface area (Å²) < 4.78 is 0. The van der Waals surface area contributed by atoms with Gasteiger partial charge in [-0.3, -0.25) is 14.4 Å². The maximum absolute atomic E-state index is 13.8. The molecule has 1 aliphatic heterocycles. The molecule has 43 heavy (non-hydrogen) atoms. The van der Waals surface area contributed by atoms with Gasteiger partial charge in [0.15, 0.2) is 0 Å². The van der Waals surface area contributed by atoms with Crippen LogP contribution < -0.4 is 25.8 Å². The number of carbonyl (C=O) groups is 3. The van der Waals surface area contributed by atoms with E-state index < -0.39 is 18.2 Å². The minimum atomic E-state index is -0.939. The normalized spacial score (nSPS) is 19.5. The van der Waals surface area contributed by atoms with Gasteiger partial charge in [-0.15, -0.1) is 0 Å². The number of hydrogen-bond donors (Lipinski definition) is 4. The second-order valence-corrected chi connectivity index (χ2v) is 12.5. The number of amides is 3. The van der Waals surface area contributed by atoms with Crippen LogP contribution in [0.2, 0.25) is 0 Å². The Balaban J connectivity index is 1.29. The summed E-state index contributed by atoms with van der Waals surface area (Å²) in [5.41, 5.74) is 3.08. The van der Waals surface area contributed by atoms with Crippen LogP contribution in [-0.4, -0.2) is 73.2 Å². The van der Waals surface area contributed by atoms with Gasteiger partial charge in [0.1, 0.15) is 0 Å². The number of rotatable bonds is 13. The maximum atomic E-state index is 13.8. The molecule has 2 aromatic rings. The molecular formula is C34H47N5O4. The van der Waals surface area contributed by atoms with Crippen molar-refractivity contribution >= 4 is 29.1 Å². The van der Waals surface area contributed by atoms with Crippen LogP contribution in [0.25, 0.3) is 0 Å². The summed E-state index contributed by atoms with van der Waals surface area (Å²) in [6.07, 6.45) is 8.56. The van der Waals surface area contributed by atoms with Gasteiger partial charge in [-0.1, -0.05) is 49.6 Å². The molecule has 1 heterocycles. The number of anilines is 2. The fraction of sp³-hybridized carbons (Fsp3) is 0.559. The zero-order chi connectivity index (χ0) is 30.3. The number of carbonyl (C=O) groups excluding carboxylic acids is 3. The van der Waals surface area contributed by atoms with Crippen LogP contribution in [-0.2, 0) is 16.0 Å². The lowest BCUT2D eigenvalue weighted by Gasteiger charge is -2.28. The number of aliphatic hydroxyl groups excluding tert-OH is 1. The highest BCUT2D eigenvalue weighted by Gasteiger charge is 2.30. The summed E-state index contributed by atoms with van der Waals surface area (Å²) >= 11 is 0. The summed E-state index contributed by atoms with van der Waals surface area (Å²) in [6.45, 7) is 2.59. The minimum absolute atomic E-state index is 0.0664. The van der Waals surface area contributed by atoms with Crippen LogP contribution in [0.15, 0.2) is 48.5 Å². The Morgan fingerprint density at radius 2 is 1.77 bits per heavy atom. The first-order valence-electron chi connectivity index (χ1n) is 16.0.